The van der Waals surface area contributed by atoms with Crippen LogP contribution in [0.3, 0.4) is 0 Å². The molecule has 110 valence electrons. The van der Waals surface area contributed by atoms with Crippen molar-refractivity contribution in [2.75, 3.05) is 13.2 Å². The fourth-order valence-electron chi connectivity index (χ4n) is 3.96. The number of hydrogen-bond donors (Lipinski definition) is 2. The van der Waals surface area contributed by atoms with E-state index in [9.17, 15) is 14.7 Å². The lowest BCUT2D eigenvalue weighted by atomic mass is 9.51. The number of amides is 1. The Kier molecular flexibility index (Phi) is 2.83. The summed E-state index contributed by atoms with van der Waals surface area (Å²) in [7, 11) is 0. The Hall–Kier alpha value is -1.56. The summed E-state index contributed by atoms with van der Waals surface area (Å²) < 4.78 is 10.9. The molecule has 2 heterocycles. The molecule has 2 saturated heterocycles. The molecule has 2 aliphatic carbocycles. The van der Waals surface area contributed by atoms with E-state index >= 15 is 0 Å². The van der Waals surface area contributed by atoms with Gasteiger partial charge in [-0.2, -0.15) is 0 Å². The molecular weight excluding hydrogens is 262 g/mol. The maximum absolute atomic E-state index is 11.6. The van der Waals surface area contributed by atoms with E-state index in [-0.39, 0.29) is 6.61 Å². The number of rotatable bonds is 5. The highest BCUT2D eigenvalue weighted by molar-refractivity contribution is 5.80. The number of ether oxygens (including phenoxy) is 2. The molecule has 2 N–H and O–H groups in total. The average Bonchev–Trinajstić information content (AvgIpc) is 2.80. The predicted octanol–water partition coefficient (Wildman–Crippen LogP) is 1.46. The van der Waals surface area contributed by atoms with Crippen LogP contribution < -0.4 is 5.32 Å². The van der Waals surface area contributed by atoms with Crippen molar-refractivity contribution in [3.63, 3.8) is 0 Å². The summed E-state index contributed by atoms with van der Waals surface area (Å²) >= 11 is 0. The number of alkyl carbamates (subject to hydrolysis) is 1. The molecule has 0 radical (unpaired) electrons. The minimum atomic E-state index is -0.764. The Morgan fingerprint density at radius 2 is 2.10 bits per heavy atom. The Morgan fingerprint density at radius 1 is 1.40 bits per heavy atom. The second-order valence-corrected chi connectivity index (χ2v) is 6.11. The van der Waals surface area contributed by atoms with E-state index in [1.165, 1.54) is 6.08 Å². The molecule has 2 bridgehead atoms. The molecule has 4 aliphatic rings. The predicted molar refractivity (Wildman–Crippen MR) is 69.2 cm³/mol. The van der Waals surface area contributed by atoms with Gasteiger partial charge in [0, 0.05) is 0 Å². The van der Waals surface area contributed by atoms with Gasteiger partial charge in [-0.1, -0.05) is 12.7 Å². The standard InChI is InChI=1S/C14H19NO5/c1-2-6-19-11(18)15-9-12-7-13(8-12,10(16)17)14(20-12)4-3-5-14/h2H,1,3-9H2,(H,15,18)(H,16,17). The van der Waals surface area contributed by atoms with Crippen molar-refractivity contribution in [3.8, 4) is 0 Å². The van der Waals surface area contributed by atoms with Crippen molar-refractivity contribution in [3.05, 3.63) is 12.7 Å². The van der Waals surface area contributed by atoms with Crippen molar-refractivity contribution < 1.29 is 24.2 Å². The summed E-state index contributed by atoms with van der Waals surface area (Å²) in [5, 5.41) is 12.2. The fourth-order valence-corrected chi connectivity index (χ4v) is 3.96. The zero-order valence-electron chi connectivity index (χ0n) is 11.3. The van der Waals surface area contributed by atoms with Gasteiger partial charge in [-0.15, -0.1) is 0 Å². The van der Waals surface area contributed by atoms with Gasteiger partial charge in [-0.25, -0.2) is 4.79 Å². The molecule has 6 nitrogen and oxygen atoms in total. The normalized spacial score (nSPS) is 35.8. The van der Waals surface area contributed by atoms with Crippen LogP contribution in [-0.2, 0) is 14.3 Å². The van der Waals surface area contributed by atoms with Crippen LogP contribution in [0.5, 0.6) is 0 Å². The van der Waals surface area contributed by atoms with Gasteiger partial charge in [0.15, 0.2) is 0 Å². The lowest BCUT2D eigenvalue weighted by molar-refractivity contribution is -0.163. The van der Waals surface area contributed by atoms with Gasteiger partial charge in [-0.05, 0) is 32.1 Å². The molecular formula is C14H19NO5. The fraction of sp³-hybridized carbons (Fsp3) is 0.714. The minimum absolute atomic E-state index is 0.155. The molecule has 4 fully saturated rings. The molecule has 1 amide bonds. The number of carbonyl (C=O) groups is 2. The Bertz CT molecular complexity index is 462. The molecule has 0 aromatic carbocycles. The van der Waals surface area contributed by atoms with E-state index in [2.05, 4.69) is 11.9 Å². The summed E-state index contributed by atoms with van der Waals surface area (Å²) in [4.78, 5) is 23.0. The first-order chi connectivity index (χ1) is 9.48. The third kappa shape index (κ3) is 1.60. The van der Waals surface area contributed by atoms with Gasteiger partial charge >= 0.3 is 12.1 Å². The second-order valence-electron chi connectivity index (χ2n) is 6.11. The van der Waals surface area contributed by atoms with Gasteiger partial charge < -0.3 is 19.9 Å². The highest BCUT2D eigenvalue weighted by Gasteiger charge is 2.79. The summed E-state index contributed by atoms with van der Waals surface area (Å²) in [6.07, 6.45) is 4.56. The van der Waals surface area contributed by atoms with Crippen LogP contribution in [0.25, 0.3) is 0 Å². The Labute approximate surface area is 117 Å². The highest BCUT2D eigenvalue weighted by Crippen LogP contribution is 2.71. The molecule has 0 aromatic heterocycles. The average molecular weight is 281 g/mol. The van der Waals surface area contributed by atoms with Crippen LogP contribution in [-0.4, -0.2) is 41.5 Å². The van der Waals surface area contributed by atoms with E-state index in [1.807, 2.05) is 0 Å². The molecule has 0 atom stereocenters. The van der Waals surface area contributed by atoms with Crippen LogP contribution >= 0.6 is 0 Å². The lowest BCUT2D eigenvalue weighted by Gasteiger charge is -2.48. The summed E-state index contributed by atoms with van der Waals surface area (Å²) in [6, 6.07) is 0. The number of carbonyl (C=O) groups excluding carboxylic acids is 1. The summed E-state index contributed by atoms with van der Waals surface area (Å²) in [5.41, 5.74) is -1.75. The van der Waals surface area contributed by atoms with Crippen molar-refractivity contribution in [1.29, 1.82) is 0 Å². The quantitative estimate of drug-likeness (QED) is 0.745. The zero-order valence-corrected chi connectivity index (χ0v) is 11.3. The van der Waals surface area contributed by atoms with Gasteiger partial charge in [0.25, 0.3) is 0 Å². The first-order valence-corrected chi connectivity index (χ1v) is 6.93. The van der Waals surface area contributed by atoms with Gasteiger partial charge in [0.2, 0.25) is 0 Å². The summed E-state index contributed by atoms with van der Waals surface area (Å²) in [6.45, 7) is 3.92. The molecule has 0 aromatic rings. The molecule has 6 heteroatoms. The molecule has 0 unspecified atom stereocenters. The Balaban J connectivity index is 1.62. The third-order valence-corrected chi connectivity index (χ3v) is 4.99. The SMILES string of the molecule is C=CCOC(=O)NCC12CC(C(=O)O)(C1)C1(CCC1)O2. The van der Waals surface area contributed by atoms with Crippen molar-refractivity contribution in [1.82, 2.24) is 5.32 Å². The van der Waals surface area contributed by atoms with Gasteiger partial charge in [-0.3, -0.25) is 4.79 Å². The first kappa shape index (κ1) is 13.4. The van der Waals surface area contributed by atoms with E-state index < -0.39 is 28.7 Å². The second kappa shape index (κ2) is 4.22. The number of hydrogen-bond acceptors (Lipinski definition) is 4. The van der Waals surface area contributed by atoms with E-state index in [4.69, 9.17) is 9.47 Å². The molecule has 1 spiro atoms. The van der Waals surface area contributed by atoms with E-state index in [1.54, 1.807) is 0 Å². The van der Waals surface area contributed by atoms with Crippen LogP contribution in [0.1, 0.15) is 32.1 Å². The van der Waals surface area contributed by atoms with E-state index in [0.29, 0.717) is 19.4 Å². The maximum Gasteiger partial charge on any atom is 0.407 e. The molecule has 2 aliphatic heterocycles. The van der Waals surface area contributed by atoms with Crippen LogP contribution in [0.2, 0.25) is 0 Å². The van der Waals surface area contributed by atoms with Crippen molar-refractivity contribution in [2.24, 2.45) is 5.41 Å². The van der Waals surface area contributed by atoms with Crippen LogP contribution in [0, 0.1) is 5.41 Å². The number of aliphatic carboxylic acids is 1. The first-order valence-electron chi connectivity index (χ1n) is 6.93. The Morgan fingerprint density at radius 3 is 2.55 bits per heavy atom. The van der Waals surface area contributed by atoms with Crippen molar-refractivity contribution in [2.45, 2.75) is 43.3 Å². The maximum atomic E-state index is 11.6. The molecule has 2 saturated carbocycles. The van der Waals surface area contributed by atoms with Gasteiger partial charge in [0.05, 0.1) is 17.7 Å². The zero-order chi connectivity index (χ0) is 14.4. The highest BCUT2D eigenvalue weighted by atomic mass is 16.6. The van der Waals surface area contributed by atoms with Crippen LogP contribution in [0.4, 0.5) is 4.79 Å². The minimum Gasteiger partial charge on any atom is -0.481 e. The topological polar surface area (TPSA) is 84.9 Å². The monoisotopic (exact) mass is 281 g/mol. The lowest BCUT2D eigenvalue weighted by Crippen LogP contribution is -2.58. The largest absolute Gasteiger partial charge is 0.481 e. The van der Waals surface area contributed by atoms with Crippen LogP contribution in [0.15, 0.2) is 12.7 Å². The molecule has 4 rings (SSSR count). The smallest absolute Gasteiger partial charge is 0.407 e. The van der Waals surface area contributed by atoms with Crippen molar-refractivity contribution >= 4 is 12.1 Å². The number of carboxylic acid groups (broad SMARTS) is 1. The molecule has 20 heavy (non-hydrogen) atoms. The summed E-state index contributed by atoms with van der Waals surface area (Å²) in [5.74, 6) is -0.764. The number of nitrogens with one attached hydrogen (secondary N) is 1. The van der Waals surface area contributed by atoms with E-state index in [0.717, 1.165) is 19.3 Å². The van der Waals surface area contributed by atoms with Gasteiger partial charge in [0.1, 0.15) is 12.0 Å². The third-order valence-electron chi connectivity index (χ3n) is 4.99. The number of carboxylic acids is 1.